The number of hydrogen-bond donors (Lipinski definition) is 1. The van der Waals surface area contributed by atoms with Crippen molar-refractivity contribution in [1.29, 1.82) is 0 Å². The van der Waals surface area contributed by atoms with Crippen LogP contribution in [0.5, 0.6) is 0 Å². The third-order valence-corrected chi connectivity index (χ3v) is 5.47. The summed E-state index contributed by atoms with van der Waals surface area (Å²) in [5.41, 5.74) is -0.598. The first-order valence-corrected chi connectivity index (χ1v) is 8.57. The number of nitrogens with one attached hydrogen (secondary N) is 1. The first kappa shape index (κ1) is 14.9. The van der Waals surface area contributed by atoms with Gasteiger partial charge >= 0.3 is 0 Å². The molecule has 3 fully saturated rings. The van der Waals surface area contributed by atoms with E-state index in [4.69, 9.17) is 0 Å². The second-order valence-electron chi connectivity index (χ2n) is 7.74. The maximum absolute atomic E-state index is 12.9. The summed E-state index contributed by atoms with van der Waals surface area (Å²) in [6.45, 7) is 7.13. The van der Waals surface area contributed by atoms with Crippen molar-refractivity contribution in [3.8, 4) is 0 Å². The summed E-state index contributed by atoms with van der Waals surface area (Å²) in [6.07, 6.45) is 6.42. The Bertz CT molecular complexity index is 440. The third kappa shape index (κ3) is 2.69. The first-order valence-electron chi connectivity index (χ1n) is 8.57. The Morgan fingerprint density at radius 3 is 2.43 bits per heavy atom. The molecule has 0 spiro atoms. The van der Waals surface area contributed by atoms with E-state index in [1.807, 2.05) is 11.8 Å². The average Bonchev–Trinajstić information content (AvgIpc) is 3.28. The van der Waals surface area contributed by atoms with Gasteiger partial charge in [-0.1, -0.05) is 13.8 Å². The predicted octanol–water partition coefficient (Wildman–Crippen LogP) is 2.33. The highest BCUT2D eigenvalue weighted by Gasteiger charge is 2.58. The molecule has 3 rings (SSSR count). The maximum Gasteiger partial charge on any atom is 0.246 e. The largest absolute Gasteiger partial charge is 0.342 e. The highest BCUT2D eigenvalue weighted by Crippen LogP contribution is 2.46. The molecule has 1 saturated heterocycles. The average molecular weight is 292 g/mol. The van der Waals surface area contributed by atoms with Gasteiger partial charge in [0.15, 0.2) is 0 Å². The van der Waals surface area contributed by atoms with Gasteiger partial charge in [0.25, 0.3) is 0 Å². The number of nitrogens with zero attached hydrogens (tertiary/aromatic N) is 1. The molecule has 2 amide bonds. The van der Waals surface area contributed by atoms with Crippen molar-refractivity contribution in [3.63, 3.8) is 0 Å². The Morgan fingerprint density at radius 1 is 1.24 bits per heavy atom. The summed E-state index contributed by atoms with van der Waals surface area (Å²) in [5, 5.41) is 3.04. The van der Waals surface area contributed by atoms with Gasteiger partial charge in [0.05, 0.1) is 0 Å². The van der Waals surface area contributed by atoms with Crippen LogP contribution in [0.4, 0.5) is 0 Å². The Morgan fingerprint density at radius 2 is 1.90 bits per heavy atom. The molecule has 21 heavy (non-hydrogen) atoms. The van der Waals surface area contributed by atoms with E-state index in [9.17, 15) is 9.59 Å². The number of rotatable bonds is 6. The second kappa shape index (κ2) is 5.29. The van der Waals surface area contributed by atoms with Crippen LogP contribution in [0.3, 0.4) is 0 Å². The molecular weight excluding hydrogens is 264 g/mol. The lowest BCUT2D eigenvalue weighted by Crippen LogP contribution is -2.71. The van der Waals surface area contributed by atoms with E-state index in [2.05, 4.69) is 19.2 Å². The van der Waals surface area contributed by atoms with Crippen LogP contribution in [0.1, 0.15) is 59.3 Å². The van der Waals surface area contributed by atoms with Crippen molar-refractivity contribution in [2.75, 3.05) is 6.54 Å². The van der Waals surface area contributed by atoms with Crippen LogP contribution in [-0.2, 0) is 9.59 Å². The van der Waals surface area contributed by atoms with Crippen molar-refractivity contribution >= 4 is 11.8 Å². The van der Waals surface area contributed by atoms with Crippen LogP contribution in [0.15, 0.2) is 0 Å². The van der Waals surface area contributed by atoms with Crippen LogP contribution in [0.2, 0.25) is 0 Å². The Labute approximate surface area is 127 Å². The van der Waals surface area contributed by atoms with Gasteiger partial charge in [-0.05, 0) is 63.2 Å². The van der Waals surface area contributed by atoms with Gasteiger partial charge in [0, 0.05) is 6.54 Å². The second-order valence-corrected chi connectivity index (χ2v) is 7.74. The molecule has 2 saturated carbocycles. The molecule has 0 aromatic carbocycles. The molecule has 0 bridgehead atoms. The maximum atomic E-state index is 12.9. The standard InChI is InChI=1S/C17H28N2O2/c1-11(2)5-4-10-19-15(20)14(12-6-7-12)18-16(21)17(19,3)13-8-9-13/h11-14H,4-10H2,1-3H3,(H,18,21). The van der Waals surface area contributed by atoms with E-state index in [1.165, 1.54) is 0 Å². The highest BCUT2D eigenvalue weighted by atomic mass is 16.2. The lowest BCUT2D eigenvalue weighted by molar-refractivity contribution is -0.158. The predicted molar refractivity (Wildman–Crippen MR) is 81.6 cm³/mol. The zero-order chi connectivity index (χ0) is 15.2. The van der Waals surface area contributed by atoms with Crippen molar-refractivity contribution in [2.45, 2.75) is 70.9 Å². The normalized spacial score (nSPS) is 33.5. The van der Waals surface area contributed by atoms with Gasteiger partial charge in [-0.15, -0.1) is 0 Å². The molecule has 2 atom stereocenters. The van der Waals surface area contributed by atoms with Crippen molar-refractivity contribution < 1.29 is 9.59 Å². The van der Waals surface area contributed by atoms with E-state index in [0.717, 1.165) is 45.1 Å². The molecule has 2 unspecified atom stereocenters. The summed E-state index contributed by atoms with van der Waals surface area (Å²) >= 11 is 0. The van der Waals surface area contributed by atoms with Gasteiger partial charge in [-0.25, -0.2) is 0 Å². The first-order chi connectivity index (χ1) is 9.94. The third-order valence-electron chi connectivity index (χ3n) is 5.47. The van der Waals surface area contributed by atoms with E-state index in [0.29, 0.717) is 17.8 Å². The van der Waals surface area contributed by atoms with Crippen LogP contribution >= 0.6 is 0 Å². The smallest absolute Gasteiger partial charge is 0.246 e. The van der Waals surface area contributed by atoms with Gasteiger partial charge in [0.2, 0.25) is 11.8 Å². The van der Waals surface area contributed by atoms with Crippen molar-refractivity contribution in [1.82, 2.24) is 10.2 Å². The summed E-state index contributed by atoms with van der Waals surface area (Å²) in [5.74, 6) is 1.66. The number of carbonyl (C=O) groups excluding carboxylic acids is 2. The molecule has 0 aromatic heterocycles. The Hall–Kier alpha value is -1.06. The highest BCUT2D eigenvalue weighted by molar-refractivity contribution is 6.00. The minimum absolute atomic E-state index is 0.0889. The van der Waals surface area contributed by atoms with Gasteiger partial charge in [-0.3, -0.25) is 9.59 Å². The minimum atomic E-state index is -0.598. The molecule has 1 aliphatic heterocycles. The molecule has 4 heteroatoms. The zero-order valence-corrected chi connectivity index (χ0v) is 13.5. The molecule has 4 nitrogen and oxygen atoms in total. The van der Waals surface area contributed by atoms with E-state index < -0.39 is 5.54 Å². The van der Waals surface area contributed by atoms with Gasteiger partial charge in [0.1, 0.15) is 11.6 Å². The van der Waals surface area contributed by atoms with Crippen molar-refractivity contribution in [2.24, 2.45) is 17.8 Å². The van der Waals surface area contributed by atoms with Gasteiger partial charge in [-0.2, -0.15) is 0 Å². The fraction of sp³-hybridized carbons (Fsp3) is 0.882. The van der Waals surface area contributed by atoms with Gasteiger partial charge < -0.3 is 10.2 Å². The van der Waals surface area contributed by atoms with Crippen LogP contribution < -0.4 is 5.32 Å². The Balaban J connectivity index is 1.77. The Kier molecular flexibility index (Phi) is 3.74. The monoisotopic (exact) mass is 292 g/mol. The minimum Gasteiger partial charge on any atom is -0.342 e. The van der Waals surface area contributed by atoms with E-state index >= 15 is 0 Å². The number of hydrogen-bond acceptors (Lipinski definition) is 2. The van der Waals surface area contributed by atoms with E-state index in [-0.39, 0.29) is 17.9 Å². The molecular formula is C17H28N2O2. The summed E-state index contributed by atoms with van der Waals surface area (Å²) in [4.78, 5) is 27.5. The molecule has 1 N–H and O–H groups in total. The van der Waals surface area contributed by atoms with E-state index in [1.54, 1.807) is 0 Å². The lowest BCUT2D eigenvalue weighted by atomic mass is 9.86. The quantitative estimate of drug-likeness (QED) is 0.817. The molecule has 3 aliphatic rings. The number of amides is 2. The van der Waals surface area contributed by atoms with Crippen LogP contribution in [-0.4, -0.2) is 34.8 Å². The molecule has 0 radical (unpaired) electrons. The summed E-state index contributed by atoms with van der Waals surface area (Å²) < 4.78 is 0. The van der Waals surface area contributed by atoms with Crippen molar-refractivity contribution in [3.05, 3.63) is 0 Å². The zero-order valence-electron chi connectivity index (χ0n) is 13.5. The summed E-state index contributed by atoms with van der Waals surface area (Å²) in [7, 11) is 0. The molecule has 0 aromatic rings. The van der Waals surface area contributed by atoms with Crippen LogP contribution in [0, 0.1) is 17.8 Å². The lowest BCUT2D eigenvalue weighted by Gasteiger charge is -2.47. The molecule has 118 valence electrons. The SMILES string of the molecule is CC(C)CCCN1C(=O)C(C2CC2)NC(=O)C1(C)C1CC1. The molecule has 2 aliphatic carbocycles. The fourth-order valence-corrected chi connectivity index (χ4v) is 3.67. The number of piperazine rings is 1. The topological polar surface area (TPSA) is 49.4 Å². The summed E-state index contributed by atoms with van der Waals surface area (Å²) in [6, 6.07) is -0.247. The molecule has 1 heterocycles. The van der Waals surface area contributed by atoms with Crippen LogP contribution in [0.25, 0.3) is 0 Å². The number of carbonyl (C=O) groups is 2. The fourth-order valence-electron chi connectivity index (χ4n) is 3.67.